The number of likely N-dealkylation sites (tertiary alicyclic amines) is 1. The minimum atomic E-state index is -0.344. The summed E-state index contributed by atoms with van der Waals surface area (Å²) in [5.41, 5.74) is 3.31. The average Bonchev–Trinajstić information content (AvgIpc) is 3.47. The number of hydrogen-bond acceptors (Lipinski definition) is 5. The molecule has 0 N–H and O–H groups in total. The molecule has 8 heteroatoms. The fourth-order valence-electron chi connectivity index (χ4n) is 6.24. The molecule has 2 aliphatic carbocycles. The maximum atomic E-state index is 14.2. The lowest BCUT2D eigenvalue weighted by Gasteiger charge is -2.34. The van der Waals surface area contributed by atoms with E-state index in [1.807, 2.05) is 24.3 Å². The first kappa shape index (κ1) is 26.9. The molecule has 1 saturated carbocycles. The van der Waals surface area contributed by atoms with E-state index in [0.717, 1.165) is 42.6 Å². The molecule has 6 nitrogen and oxygen atoms in total. The highest BCUT2D eigenvalue weighted by Crippen LogP contribution is 2.41. The molecule has 1 heterocycles. The number of methoxy groups -OCH3 is 1. The van der Waals surface area contributed by atoms with Crippen molar-refractivity contribution in [2.24, 2.45) is 5.92 Å². The number of ether oxygens (including phenoxy) is 2. The molecule has 0 aromatic heterocycles. The highest BCUT2D eigenvalue weighted by atomic mass is 35.5. The number of nitrogens with zero attached hydrogens (tertiary/aromatic N) is 2. The Kier molecular flexibility index (Phi) is 8.54. The van der Waals surface area contributed by atoms with Gasteiger partial charge in [0.25, 0.3) is 0 Å². The van der Waals surface area contributed by atoms with Crippen LogP contribution in [0.4, 0.5) is 4.39 Å². The van der Waals surface area contributed by atoms with Crippen LogP contribution in [0.2, 0.25) is 5.02 Å². The van der Waals surface area contributed by atoms with Gasteiger partial charge in [0.1, 0.15) is 12.4 Å². The minimum Gasteiger partial charge on any atom is -0.493 e. The Bertz CT molecular complexity index is 1170. The maximum absolute atomic E-state index is 14.2. The predicted octanol–water partition coefficient (Wildman–Crippen LogP) is 6.09. The van der Waals surface area contributed by atoms with Crippen molar-refractivity contribution in [3.8, 4) is 11.5 Å². The number of halogens is 2. The summed E-state index contributed by atoms with van der Waals surface area (Å²) in [6.45, 7) is 2.19. The van der Waals surface area contributed by atoms with Crippen LogP contribution in [0.25, 0.3) is 0 Å². The highest BCUT2D eigenvalue weighted by molar-refractivity contribution is 6.30. The van der Waals surface area contributed by atoms with Crippen LogP contribution in [0.15, 0.2) is 30.3 Å². The van der Waals surface area contributed by atoms with Crippen molar-refractivity contribution in [3.05, 3.63) is 57.9 Å². The Morgan fingerprint density at radius 3 is 2.50 bits per heavy atom. The largest absolute Gasteiger partial charge is 0.493 e. The van der Waals surface area contributed by atoms with Gasteiger partial charge in [-0.25, -0.2) is 4.39 Å². The van der Waals surface area contributed by atoms with E-state index in [1.54, 1.807) is 13.2 Å². The number of carbonyl (C=O) groups is 2. The van der Waals surface area contributed by atoms with Gasteiger partial charge in [0.15, 0.2) is 11.5 Å². The average molecular weight is 543 g/mol. The summed E-state index contributed by atoms with van der Waals surface area (Å²) in [6.07, 6.45) is 8.74. The molecular formula is C30H36ClFN2O4. The first-order chi connectivity index (χ1) is 18.4. The number of amides is 2. The minimum absolute atomic E-state index is 0.142. The number of hydrogen-bond donors (Lipinski definition) is 0. The smallest absolute Gasteiger partial charge is 0.229 e. The second-order valence-corrected chi connectivity index (χ2v) is 11.1. The second-order valence-electron chi connectivity index (χ2n) is 10.7. The number of rotatable bonds is 10. The summed E-state index contributed by atoms with van der Waals surface area (Å²) in [5.74, 6) is 1.24. The maximum Gasteiger partial charge on any atom is 0.229 e. The predicted molar refractivity (Wildman–Crippen MR) is 144 cm³/mol. The third kappa shape index (κ3) is 5.99. The Hall–Kier alpha value is -2.64. The van der Waals surface area contributed by atoms with E-state index in [0.29, 0.717) is 17.4 Å². The first-order valence-electron chi connectivity index (χ1n) is 13.8. The van der Waals surface area contributed by atoms with Gasteiger partial charge >= 0.3 is 0 Å². The van der Waals surface area contributed by atoms with Crippen molar-refractivity contribution in [1.82, 2.24) is 9.80 Å². The molecule has 1 aliphatic heterocycles. The molecule has 2 aromatic rings. The van der Waals surface area contributed by atoms with Gasteiger partial charge < -0.3 is 9.47 Å². The van der Waals surface area contributed by atoms with Crippen LogP contribution in [-0.4, -0.2) is 48.4 Å². The monoisotopic (exact) mass is 542 g/mol. The summed E-state index contributed by atoms with van der Waals surface area (Å²) < 4.78 is 25.7. The van der Waals surface area contributed by atoms with Gasteiger partial charge in [0, 0.05) is 32.0 Å². The van der Waals surface area contributed by atoms with Gasteiger partial charge in [-0.1, -0.05) is 36.9 Å². The van der Waals surface area contributed by atoms with Gasteiger partial charge in [-0.15, -0.1) is 0 Å². The SMILES string of the molecule is COc1cc(CN(CC2CCCCC2)C2CCc3cc(F)c(Cl)cc32)ccc1OCCN1C(=O)CCC1=O. The number of fused-ring (bicyclic) bond motifs is 1. The van der Waals surface area contributed by atoms with Crippen LogP contribution >= 0.6 is 11.6 Å². The summed E-state index contributed by atoms with van der Waals surface area (Å²) in [4.78, 5) is 27.5. The van der Waals surface area contributed by atoms with E-state index >= 15 is 0 Å². The van der Waals surface area contributed by atoms with Gasteiger partial charge in [-0.3, -0.25) is 19.4 Å². The zero-order valence-electron chi connectivity index (χ0n) is 22.0. The summed E-state index contributed by atoms with van der Waals surface area (Å²) in [7, 11) is 1.61. The van der Waals surface area contributed by atoms with Crippen molar-refractivity contribution in [3.63, 3.8) is 0 Å². The van der Waals surface area contributed by atoms with Gasteiger partial charge in [0.05, 0.1) is 18.7 Å². The van der Waals surface area contributed by atoms with Crippen molar-refractivity contribution in [1.29, 1.82) is 0 Å². The van der Waals surface area contributed by atoms with Gasteiger partial charge in [0.2, 0.25) is 11.8 Å². The topological polar surface area (TPSA) is 59.1 Å². The second kappa shape index (κ2) is 12.0. The Morgan fingerprint density at radius 1 is 1.00 bits per heavy atom. The number of carbonyl (C=O) groups excluding carboxylic acids is 2. The Labute approximate surface area is 229 Å². The zero-order valence-corrected chi connectivity index (χ0v) is 22.8. The lowest BCUT2D eigenvalue weighted by atomic mass is 9.88. The molecule has 1 saturated heterocycles. The molecule has 0 spiro atoms. The number of benzene rings is 2. The van der Waals surface area contributed by atoms with E-state index in [4.69, 9.17) is 21.1 Å². The van der Waals surface area contributed by atoms with Crippen LogP contribution in [-0.2, 0) is 22.6 Å². The van der Waals surface area contributed by atoms with E-state index in [1.165, 1.54) is 37.0 Å². The number of aryl methyl sites for hydroxylation is 1. The first-order valence-corrected chi connectivity index (χ1v) is 14.2. The van der Waals surface area contributed by atoms with Crippen molar-refractivity contribution in [2.75, 3.05) is 26.8 Å². The molecule has 1 atom stereocenters. The van der Waals surface area contributed by atoms with Crippen molar-refractivity contribution in [2.45, 2.75) is 70.4 Å². The fourth-order valence-corrected chi connectivity index (χ4v) is 6.42. The molecule has 204 valence electrons. The van der Waals surface area contributed by atoms with Gasteiger partial charge in [-0.05, 0) is 72.6 Å². The lowest BCUT2D eigenvalue weighted by Crippen LogP contribution is -2.33. The van der Waals surface area contributed by atoms with Gasteiger partial charge in [-0.2, -0.15) is 0 Å². The quantitative estimate of drug-likeness (QED) is 0.340. The van der Waals surface area contributed by atoms with Crippen molar-refractivity contribution < 1.29 is 23.5 Å². The molecule has 1 unspecified atom stereocenters. The van der Waals surface area contributed by atoms with E-state index in [2.05, 4.69) is 4.90 Å². The molecule has 5 rings (SSSR count). The molecule has 0 radical (unpaired) electrons. The van der Waals surface area contributed by atoms with Crippen molar-refractivity contribution >= 4 is 23.4 Å². The molecule has 3 aliphatic rings. The van der Waals surface area contributed by atoms with Crippen LogP contribution in [0.1, 0.15) is 74.1 Å². The van der Waals surface area contributed by atoms with Crippen LogP contribution in [0.3, 0.4) is 0 Å². The molecule has 38 heavy (non-hydrogen) atoms. The lowest BCUT2D eigenvalue weighted by molar-refractivity contribution is -0.138. The molecule has 2 aromatic carbocycles. The normalized spacial score (nSPS) is 19.9. The summed E-state index contributed by atoms with van der Waals surface area (Å²) in [6, 6.07) is 9.58. The zero-order chi connectivity index (χ0) is 26.6. The summed E-state index contributed by atoms with van der Waals surface area (Å²) >= 11 is 6.21. The Morgan fingerprint density at radius 2 is 1.76 bits per heavy atom. The summed E-state index contributed by atoms with van der Waals surface area (Å²) in [5, 5.41) is 0.189. The standard InChI is InChI=1S/C30H36ClFN2O4/c1-37-28-15-21(7-10-27(28)38-14-13-34-29(35)11-12-30(34)36)19-33(18-20-5-3-2-4-6-20)26-9-8-22-16-25(32)24(31)17-23(22)26/h7,10,15-17,20,26H,2-6,8-9,11-14,18-19H2,1H3. The van der Waals surface area contributed by atoms with E-state index in [9.17, 15) is 14.0 Å². The van der Waals surface area contributed by atoms with E-state index in [-0.39, 0.29) is 54.7 Å². The number of imide groups is 1. The molecular weight excluding hydrogens is 507 g/mol. The Balaban J connectivity index is 1.31. The van der Waals surface area contributed by atoms with Crippen LogP contribution < -0.4 is 9.47 Å². The fraction of sp³-hybridized carbons (Fsp3) is 0.533. The van der Waals surface area contributed by atoms with E-state index < -0.39 is 0 Å². The molecule has 2 fully saturated rings. The van der Waals surface area contributed by atoms with Crippen LogP contribution in [0.5, 0.6) is 11.5 Å². The highest BCUT2D eigenvalue weighted by Gasteiger charge is 2.32. The molecule has 0 bridgehead atoms. The third-order valence-corrected chi connectivity index (χ3v) is 8.52. The third-order valence-electron chi connectivity index (χ3n) is 8.23. The van der Waals surface area contributed by atoms with Crippen LogP contribution in [0, 0.1) is 11.7 Å². The molecule has 2 amide bonds.